The van der Waals surface area contributed by atoms with Gasteiger partial charge in [0.05, 0.1) is 6.04 Å². The summed E-state index contributed by atoms with van der Waals surface area (Å²) in [5.74, 6) is -0.937. The van der Waals surface area contributed by atoms with Gasteiger partial charge in [-0.2, -0.15) is 0 Å². The summed E-state index contributed by atoms with van der Waals surface area (Å²) in [6.45, 7) is 1.50. The van der Waals surface area contributed by atoms with Gasteiger partial charge in [0.15, 0.2) is 6.61 Å². The Morgan fingerprint density at radius 1 is 1.33 bits per heavy atom. The Balaban J connectivity index is 1.83. The van der Waals surface area contributed by atoms with Crippen molar-refractivity contribution in [1.82, 2.24) is 10.3 Å². The highest BCUT2D eigenvalue weighted by molar-refractivity contribution is 6.30. The first kappa shape index (κ1) is 15.1. The number of aromatic nitrogens is 1. The number of ether oxygens (including phenoxy) is 1. The van der Waals surface area contributed by atoms with Crippen LogP contribution in [0, 0.1) is 0 Å². The van der Waals surface area contributed by atoms with Gasteiger partial charge in [-0.3, -0.25) is 4.79 Å². The van der Waals surface area contributed by atoms with E-state index in [0.29, 0.717) is 10.7 Å². The topological polar surface area (TPSA) is 71.2 Å². The maximum atomic E-state index is 11.8. The predicted molar refractivity (Wildman–Crippen MR) is 79.1 cm³/mol. The Labute approximate surface area is 127 Å². The first-order valence-electron chi connectivity index (χ1n) is 6.41. The van der Waals surface area contributed by atoms with Crippen molar-refractivity contribution in [2.24, 2.45) is 0 Å². The number of aromatic amines is 1. The van der Waals surface area contributed by atoms with Crippen LogP contribution in [-0.4, -0.2) is 23.5 Å². The van der Waals surface area contributed by atoms with Crippen LogP contribution in [0.1, 0.15) is 29.0 Å². The molecule has 1 heterocycles. The number of H-pyrrole nitrogens is 1. The molecule has 0 radical (unpaired) electrons. The van der Waals surface area contributed by atoms with Gasteiger partial charge in [-0.15, -0.1) is 0 Å². The molecule has 1 aromatic carbocycles. The fraction of sp³-hybridized carbons (Fsp3) is 0.200. The molecule has 0 aliphatic heterocycles. The SMILES string of the molecule is C[C@H](NC(=O)COC(=O)c1ccc[nH]1)c1cccc(Cl)c1. The maximum Gasteiger partial charge on any atom is 0.355 e. The molecule has 0 bridgehead atoms. The largest absolute Gasteiger partial charge is 0.451 e. The highest BCUT2D eigenvalue weighted by Crippen LogP contribution is 2.17. The summed E-state index contributed by atoms with van der Waals surface area (Å²) in [4.78, 5) is 26.0. The summed E-state index contributed by atoms with van der Waals surface area (Å²) in [5.41, 5.74) is 1.19. The molecule has 0 saturated heterocycles. The molecule has 1 amide bonds. The molecule has 0 saturated carbocycles. The van der Waals surface area contributed by atoms with Crippen LogP contribution in [0.5, 0.6) is 0 Å². The third-order valence-electron chi connectivity index (χ3n) is 2.88. The Bertz CT molecular complexity index is 626. The zero-order valence-electron chi connectivity index (χ0n) is 11.4. The van der Waals surface area contributed by atoms with Crippen LogP contribution < -0.4 is 5.32 Å². The van der Waals surface area contributed by atoms with Gasteiger partial charge in [0, 0.05) is 11.2 Å². The number of nitrogens with one attached hydrogen (secondary N) is 2. The van der Waals surface area contributed by atoms with E-state index in [1.807, 2.05) is 19.1 Å². The molecular formula is C15H15ClN2O3. The lowest BCUT2D eigenvalue weighted by Gasteiger charge is -2.14. The van der Waals surface area contributed by atoms with Gasteiger partial charge in [0.2, 0.25) is 0 Å². The summed E-state index contributed by atoms with van der Waals surface area (Å²) in [6, 6.07) is 10.2. The van der Waals surface area contributed by atoms with Crippen LogP contribution >= 0.6 is 11.6 Å². The van der Waals surface area contributed by atoms with Crippen LogP contribution in [0.15, 0.2) is 42.6 Å². The van der Waals surface area contributed by atoms with Crippen molar-refractivity contribution in [3.8, 4) is 0 Å². The number of amides is 1. The van der Waals surface area contributed by atoms with Gasteiger partial charge in [-0.1, -0.05) is 23.7 Å². The lowest BCUT2D eigenvalue weighted by Crippen LogP contribution is -2.31. The van der Waals surface area contributed by atoms with E-state index >= 15 is 0 Å². The molecule has 2 N–H and O–H groups in total. The van der Waals surface area contributed by atoms with Crippen molar-refractivity contribution in [2.75, 3.05) is 6.61 Å². The van der Waals surface area contributed by atoms with Crippen LogP contribution in [0.2, 0.25) is 5.02 Å². The first-order valence-corrected chi connectivity index (χ1v) is 6.79. The molecule has 110 valence electrons. The quantitative estimate of drug-likeness (QED) is 0.834. The standard InChI is InChI=1S/C15H15ClN2O3/c1-10(11-4-2-5-12(16)8-11)18-14(19)9-21-15(20)13-6-3-7-17-13/h2-8,10,17H,9H2,1H3,(H,18,19)/t10-/m0/s1. The Morgan fingerprint density at radius 3 is 2.81 bits per heavy atom. The molecule has 0 aliphatic carbocycles. The van der Waals surface area contributed by atoms with Gasteiger partial charge in [-0.05, 0) is 36.8 Å². The van der Waals surface area contributed by atoms with Gasteiger partial charge in [0.25, 0.3) is 5.91 Å². The summed E-state index contributed by atoms with van der Waals surface area (Å²) < 4.78 is 4.90. The predicted octanol–water partition coefficient (Wildman–Crippen LogP) is 2.70. The molecule has 0 unspecified atom stereocenters. The minimum absolute atomic E-state index is 0.222. The van der Waals surface area contributed by atoms with Crippen LogP contribution in [0.25, 0.3) is 0 Å². The van der Waals surface area contributed by atoms with Crippen molar-refractivity contribution in [3.63, 3.8) is 0 Å². The first-order chi connectivity index (χ1) is 10.1. The Kier molecular flexibility index (Phi) is 5.00. The second-order valence-electron chi connectivity index (χ2n) is 4.50. The van der Waals surface area contributed by atoms with Gasteiger partial charge < -0.3 is 15.0 Å². The van der Waals surface area contributed by atoms with Crippen molar-refractivity contribution in [3.05, 3.63) is 58.9 Å². The summed E-state index contributed by atoms with van der Waals surface area (Å²) in [6.07, 6.45) is 1.61. The maximum absolute atomic E-state index is 11.8. The third kappa shape index (κ3) is 4.36. The van der Waals surface area contributed by atoms with Crippen LogP contribution in [0.4, 0.5) is 0 Å². The molecule has 0 spiro atoms. The molecule has 2 rings (SSSR count). The van der Waals surface area contributed by atoms with Crippen molar-refractivity contribution >= 4 is 23.5 Å². The Hall–Kier alpha value is -2.27. The fourth-order valence-corrected chi connectivity index (χ4v) is 2.01. The molecule has 5 nitrogen and oxygen atoms in total. The lowest BCUT2D eigenvalue weighted by atomic mass is 10.1. The zero-order valence-corrected chi connectivity index (χ0v) is 12.2. The van der Waals surface area contributed by atoms with Gasteiger partial charge >= 0.3 is 5.97 Å². The molecule has 1 atom stereocenters. The second-order valence-corrected chi connectivity index (χ2v) is 4.94. The second kappa shape index (κ2) is 6.95. The number of carbonyl (C=O) groups is 2. The molecule has 21 heavy (non-hydrogen) atoms. The van der Waals surface area contributed by atoms with E-state index in [2.05, 4.69) is 10.3 Å². The Morgan fingerprint density at radius 2 is 2.14 bits per heavy atom. The van der Waals surface area contributed by atoms with E-state index in [9.17, 15) is 9.59 Å². The van der Waals surface area contributed by atoms with Gasteiger partial charge in [0.1, 0.15) is 5.69 Å². The number of carbonyl (C=O) groups excluding carboxylic acids is 2. The van der Waals surface area contributed by atoms with E-state index in [0.717, 1.165) is 5.56 Å². The minimum Gasteiger partial charge on any atom is -0.451 e. The van der Waals surface area contributed by atoms with Gasteiger partial charge in [-0.25, -0.2) is 4.79 Å². The summed E-state index contributed by atoms with van der Waals surface area (Å²) in [7, 11) is 0. The fourth-order valence-electron chi connectivity index (χ4n) is 1.81. The number of hydrogen-bond donors (Lipinski definition) is 2. The molecule has 6 heteroatoms. The molecule has 1 aromatic heterocycles. The highest BCUT2D eigenvalue weighted by Gasteiger charge is 2.13. The molecule has 0 fully saturated rings. The lowest BCUT2D eigenvalue weighted by molar-refractivity contribution is -0.124. The minimum atomic E-state index is -0.564. The molecule has 0 aliphatic rings. The number of rotatable bonds is 5. The van der Waals surface area contributed by atoms with Crippen LogP contribution in [0.3, 0.4) is 0 Å². The van der Waals surface area contributed by atoms with E-state index in [1.54, 1.807) is 30.5 Å². The average molecular weight is 307 g/mol. The highest BCUT2D eigenvalue weighted by atomic mass is 35.5. The zero-order chi connectivity index (χ0) is 15.2. The van der Waals surface area contributed by atoms with E-state index in [1.165, 1.54) is 0 Å². The summed E-state index contributed by atoms with van der Waals surface area (Å²) in [5, 5.41) is 3.34. The number of hydrogen-bond acceptors (Lipinski definition) is 3. The van der Waals surface area contributed by atoms with E-state index in [4.69, 9.17) is 16.3 Å². The smallest absolute Gasteiger partial charge is 0.355 e. The van der Waals surface area contributed by atoms with E-state index in [-0.39, 0.29) is 18.6 Å². The monoisotopic (exact) mass is 306 g/mol. The van der Waals surface area contributed by atoms with Crippen LogP contribution in [-0.2, 0) is 9.53 Å². The van der Waals surface area contributed by atoms with Crippen molar-refractivity contribution < 1.29 is 14.3 Å². The number of benzene rings is 1. The van der Waals surface area contributed by atoms with E-state index < -0.39 is 5.97 Å². The molecule has 2 aromatic rings. The molecular weight excluding hydrogens is 292 g/mol. The summed E-state index contributed by atoms with van der Waals surface area (Å²) >= 11 is 5.90. The third-order valence-corrected chi connectivity index (χ3v) is 3.11. The van der Waals surface area contributed by atoms with Crippen molar-refractivity contribution in [2.45, 2.75) is 13.0 Å². The normalized spacial score (nSPS) is 11.7. The van der Waals surface area contributed by atoms with Crippen molar-refractivity contribution in [1.29, 1.82) is 0 Å². The average Bonchev–Trinajstić information content (AvgIpc) is 2.99. The number of esters is 1. The number of halogens is 1.